The molecule has 0 aliphatic heterocycles. The van der Waals surface area contributed by atoms with Gasteiger partial charge in [-0.1, -0.05) is 0 Å². The lowest BCUT2D eigenvalue weighted by molar-refractivity contribution is -0.384. The van der Waals surface area contributed by atoms with Crippen LogP contribution >= 0.6 is 11.3 Å². The monoisotopic (exact) mass is 315 g/mol. The molecule has 0 radical (unpaired) electrons. The van der Waals surface area contributed by atoms with Crippen molar-refractivity contribution in [1.29, 1.82) is 0 Å². The first-order chi connectivity index (χ1) is 10.6. The minimum atomic E-state index is -1.06. The molecular formula is C14H9N3O4S. The lowest BCUT2D eigenvalue weighted by Gasteiger charge is -2.00. The van der Waals surface area contributed by atoms with Gasteiger partial charge < -0.3 is 5.11 Å². The number of thiazole rings is 1. The zero-order valence-corrected chi connectivity index (χ0v) is 11.9. The number of nitro benzene ring substituents is 1. The van der Waals surface area contributed by atoms with Gasteiger partial charge in [-0.25, -0.2) is 9.78 Å². The minimum Gasteiger partial charge on any atom is -0.478 e. The van der Waals surface area contributed by atoms with Crippen molar-refractivity contribution in [2.24, 2.45) is 0 Å². The molecule has 0 amide bonds. The van der Waals surface area contributed by atoms with Gasteiger partial charge >= 0.3 is 5.97 Å². The number of carboxylic acids is 1. The van der Waals surface area contributed by atoms with E-state index in [0.717, 1.165) is 11.0 Å². The molecule has 3 rings (SSSR count). The molecule has 0 spiro atoms. The van der Waals surface area contributed by atoms with Crippen LogP contribution in [0.1, 0.15) is 5.69 Å². The summed E-state index contributed by atoms with van der Waals surface area (Å²) < 4.78 is 1.78. The minimum absolute atomic E-state index is 0.00704. The molecule has 22 heavy (non-hydrogen) atoms. The van der Waals surface area contributed by atoms with Crippen molar-refractivity contribution in [2.75, 3.05) is 0 Å². The molecule has 3 aromatic rings. The van der Waals surface area contributed by atoms with Crippen molar-refractivity contribution >= 4 is 34.0 Å². The Balaban J connectivity index is 2.13. The first kappa shape index (κ1) is 14.0. The molecule has 7 nitrogen and oxygen atoms in total. The topological polar surface area (TPSA) is 97.7 Å². The molecule has 2 heterocycles. The van der Waals surface area contributed by atoms with Crippen LogP contribution in [0.3, 0.4) is 0 Å². The molecule has 2 aromatic heterocycles. The smallest absolute Gasteiger partial charge is 0.328 e. The van der Waals surface area contributed by atoms with Crippen LogP contribution in [0.5, 0.6) is 0 Å². The average Bonchev–Trinajstić information content (AvgIpc) is 3.06. The van der Waals surface area contributed by atoms with E-state index in [0.29, 0.717) is 17.0 Å². The summed E-state index contributed by atoms with van der Waals surface area (Å²) >= 11 is 1.42. The van der Waals surface area contributed by atoms with Crippen molar-refractivity contribution in [3.63, 3.8) is 0 Å². The van der Waals surface area contributed by atoms with Crippen molar-refractivity contribution in [1.82, 2.24) is 9.38 Å². The molecule has 0 aliphatic carbocycles. The predicted molar refractivity (Wildman–Crippen MR) is 81.8 cm³/mol. The Bertz CT molecular complexity index is 893. The third kappa shape index (κ3) is 2.47. The van der Waals surface area contributed by atoms with Crippen molar-refractivity contribution in [2.45, 2.75) is 0 Å². The fourth-order valence-corrected chi connectivity index (χ4v) is 2.79. The molecule has 8 heteroatoms. The largest absolute Gasteiger partial charge is 0.478 e. The number of nitro groups is 1. The Morgan fingerprint density at radius 3 is 2.73 bits per heavy atom. The summed E-state index contributed by atoms with van der Waals surface area (Å²) in [4.78, 5) is 26.2. The van der Waals surface area contributed by atoms with E-state index < -0.39 is 10.9 Å². The molecule has 1 aromatic carbocycles. The van der Waals surface area contributed by atoms with E-state index in [1.54, 1.807) is 22.7 Å². The Morgan fingerprint density at radius 1 is 1.36 bits per heavy atom. The molecule has 110 valence electrons. The van der Waals surface area contributed by atoms with Gasteiger partial charge in [-0.05, 0) is 18.2 Å². The van der Waals surface area contributed by atoms with E-state index in [4.69, 9.17) is 5.11 Å². The zero-order valence-electron chi connectivity index (χ0n) is 11.0. The molecular weight excluding hydrogens is 306 g/mol. The van der Waals surface area contributed by atoms with Crippen LogP contribution in [0.25, 0.3) is 22.3 Å². The van der Waals surface area contributed by atoms with Gasteiger partial charge in [-0.3, -0.25) is 14.5 Å². The highest BCUT2D eigenvalue weighted by Gasteiger charge is 2.14. The van der Waals surface area contributed by atoms with Gasteiger partial charge in [0.05, 0.1) is 16.3 Å². The Kier molecular flexibility index (Phi) is 3.43. The normalized spacial score (nSPS) is 11.3. The van der Waals surface area contributed by atoms with Gasteiger partial charge in [0.1, 0.15) is 0 Å². The summed E-state index contributed by atoms with van der Waals surface area (Å²) in [6, 6.07) is 5.99. The molecule has 0 atom stereocenters. The summed E-state index contributed by atoms with van der Waals surface area (Å²) in [5.41, 5.74) is 1.88. The summed E-state index contributed by atoms with van der Waals surface area (Å²) in [7, 11) is 0. The number of fused-ring (bicyclic) bond motifs is 1. The third-order valence-electron chi connectivity index (χ3n) is 3.03. The number of non-ortho nitro benzene ring substituents is 1. The lowest BCUT2D eigenvalue weighted by atomic mass is 10.1. The first-order valence-electron chi connectivity index (χ1n) is 6.17. The number of aliphatic carboxylic acids is 1. The molecule has 1 N–H and O–H groups in total. The van der Waals surface area contributed by atoms with Crippen molar-refractivity contribution < 1.29 is 14.8 Å². The van der Waals surface area contributed by atoms with Crippen LogP contribution in [-0.4, -0.2) is 25.4 Å². The first-order valence-corrected chi connectivity index (χ1v) is 7.05. The Morgan fingerprint density at radius 2 is 2.09 bits per heavy atom. The molecule has 0 saturated carbocycles. The number of hydrogen-bond donors (Lipinski definition) is 1. The number of benzene rings is 1. The Hall–Kier alpha value is -3.00. The van der Waals surface area contributed by atoms with Crippen molar-refractivity contribution in [3.05, 3.63) is 57.7 Å². The highest BCUT2D eigenvalue weighted by molar-refractivity contribution is 7.15. The number of carbonyl (C=O) groups is 1. The van der Waals surface area contributed by atoms with E-state index in [1.165, 1.54) is 29.5 Å². The van der Waals surface area contributed by atoms with E-state index in [1.807, 2.05) is 5.38 Å². The quantitative estimate of drug-likeness (QED) is 0.453. The fraction of sp³-hybridized carbons (Fsp3) is 0. The summed E-state index contributed by atoms with van der Waals surface area (Å²) in [5.74, 6) is -1.06. The summed E-state index contributed by atoms with van der Waals surface area (Å²) in [6.45, 7) is 0. The second-order valence-corrected chi connectivity index (χ2v) is 5.25. The maximum atomic E-state index is 10.7. The van der Waals surface area contributed by atoms with Crippen LogP contribution in [-0.2, 0) is 4.79 Å². The zero-order chi connectivity index (χ0) is 15.7. The maximum absolute atomic E-state index is 10.7. The third-order valence-corrected chi connectivity index (χ3v) is 3.79. The molecule has 0 bridgehead atoms. The standard InChI is InChI=1S/C14H9N3O4S/c18-12(19)6-5-11-13(15-14-16(11)7-8-22-14)9-1-3-10(4-2-9)17(20)21/h1-8H,(H,18,19)/b6-5-. The van der Waals surface area contributed by atoms with Crippen LogP contribution in [0.2, 0.25) is 0 Å². The molecule has 0 saturated heterocycles. The number of aromatic nitrogens is 2. The van der Waals surface area contributed by atoms with Crippen molar-refractivity contribution in [3.8, 4) is 11.3 Å². The van der Waals surface area contributed by atoms with Gasteiger partial charge in [-0.2, -0.15) is 0 Å². The number of hydrogen-bond acceptors (Lipinski definition) is 5. The SMILES string of the molecule is O=C(O)/C=C\c1c(-c2ccc([N+](=O)[O-])cc2)nc2sccn12. The second-order valence-electron chi connectivity index (χ2n) is 4.38. The molecule has 0 aliphatic rings. The van der Waals surface area contributed by atoms with E-state index in [9.17, 15) is 14.9 Å². The van der Waals surface area contributed by atoms with Gasteiger partial charge in [0.25, 0.3) is 5.69 Å². The highest BCUT2D eigenvalue weighted by Crippen LogP contribution is 2.28. The molecule has 0 unspecified atom stereocenters. The van der Waals surface area contributed by atoms with Crippen LogP contribution < -0.4 is 0 Å². The van der Waals surface area contributed by atoms with Gasteiger partial charge in [0, 0.05) is 35.3 Å². The van der Waals surface area contributed by atoms with Gasteiger partial charge in [0.2, 0.25) is 0 Å². The van der Waals surface area contributed by atoms with Crippen LogP contribution in [0, 0.1) is 10.1 Å². The van der Waals surface area contributed by atoms with Gasteiger partial charge in [0.15, 0.2) is 4.96 Å². The lowest BCUT2D eigenvalue weighted by Crippen LogP contribution is -1.90. The average molecular weight is 315 g/mol. The molecule has 0 fully saturated rings. The maximum Gasteiger partial charge on any atom is 0.328 e. The number of rotatable bonds is 4. The summed E-state index contributed by atoms with van der Waals surface area (Å²) in [6.07, 6.45) is 4.30. The van der Waals surface area contributed by atoms with Gasteiger partial charge in [-0.15, -0.1) is 11.3 Å². The van der Waals surface area contributed by atoms with E-state index >= 15 is 0 Å². The van der Waals surface area contributed by atoms with Crippen LogP contribution in [0.4, 0.5) is 5.69 Å². The van der Waals surface area contributed by atoms with E-state index in [-0.39, 0.29) is 5.69 Å². The Labute approximate surface area is 127 Å². The number of carboxylic acid groups (broad SMARTS) is 1. The number of imidazole rings is 1. The highest BCUT2D eigenvalue weighted by atomic mass is 32.1. The van der Waals surface area contributed by atoms with Crippen LogP contribution in [0.15, 0.2) is 41.9 Å². The number of nitrogens with zero attached hydrogens (tertiary/aromatic N) is 3. The predicted octanol–water partition coefficient (Wildman–Crippen LogP) is 3.07. The second kappa shape index (κ2) is 5.41. The van der Waals surface area contributed by atoms with E-state index in [2.05, 4.69) is 4.98 Å². The fourth-order valence-electron chi connectivity index (χ4n) is 2.07. The summed E-state index contributed by atoms with van der Waals surface area (Å²) in [5, 5.41) is 21.4.